The van der Waals surface area contributed by atoms with Crippen molar-refractivity contribution in [2.75, 3.05) is 18.4 Å². The molecule has 2 rings (SSSR count). The third-order valence-corrected chi connectivity index (χ3v) is 6.82. The molecule has 0 unspecified atom stereocenters. The molecule has 6 nitrogen and oxygen atoms in total. The van der Waals surface area contributed by atoms with E-state index in [0.29, 0.717) is 23.3 Å². The van der Waals surface area contributed by atoms with E-state index in [2.05, 4.69) is 21.2 Å². The van der Waals surface area contributed by atoms with Gasteiger partial charge in [0.1, 0.15) is 11.6 Å². The Bertz CT molecular complexity index is 992. The fourth-order valence-corrected chi connectivity index (χ4v) is 4.61. The third kappa shape index (κ3) is 5.55. The van der Waals surface area contributed by atoms with Crippen molar-refractivity contribution < 1.29 is 22.3 Å². The van der Waals surface area contributed by atoms with E-state index < -0.39 is 21.7 Å². The van der Waals surface area contributed by atoms with Gasteiger partial charge in [0.2, 0.25) is 10.0 Å². The monoisotopic (exact) mass is 486 g/mol. The van der Waals surface area contributed by atoms with Crippen LogP contribution in [0.25, 0.3) is 0 Å². The second-order valence-corrected chi connectivity index (χ2v) is 9.28. The molecule has 9 heteroatoms. The maximum absolute atomic E-state index is 13.6. The van der Waals surface area contributed by atoms with Gasteiger partial charge in [-0.3, -0.25) is 4.79 Å². The number of halogens is 2. The number of sulfonamides is 1. The van der Waals surface area contributed by atoms with Gasteiger partial charge in [0.05, 0.1) is 22.3 Å². The van der Waals surface area contributed by atoms with Crippen LogP contribution in [0.1, 0.15) is 38.1 Å². The van der Waals surface area contributed by atoms with Gasteiger partial charge in [-0.15, -0.1) is 0 Å². The van der Waals surface area contributed by atoms with Gasteiger partial charge < -0.3 is 10.1 Å². The van der Waals surface area contributed by atoms with Gasteiger partial charge in [-0.05, 0) is 66.2 Å². The lowest BCUT2D eigenvalue weighted by Gasteiger charge is -2.20. The zero-order valence-corrected chi connectivity index (χ0v) is 19.1. The number of ether oxygens (including phenoxy) is 1. The number of hydrogen-bond acceptors (Lipinski definition) is 4. The molecule has 0 bridgehead atoms. The van der Waals surface area contributed by atoms with Gasteiger partial charge in [-0.1, -0.05) is 13.8 Å². The topological polar surface area (TPSA) is 75.7 Å². The lowest BCUT2D eigenvalue weighted by Crippen LogP contribution is -2.30. The predicted octanol–water partition coefficient (Wildman–Crippen LogP) is 4.66. The maximum Gasteiger partial charge on any atom is 0.257 e. The minimum atomic E-state index is -3.73. The minimum Gasteiger partial charge on any atom is -0.489 e. The Labute approximate surface area is 179 Å². The average molecular weight is 487 g/mol. The van der Waals surface area contributed by atoms with Crippen molar-refractivity contribution in [3.8, 4) is 5.75 Å². The summed E-state index contributed by atoms with van der Waals surface area (Å²) in [4.78, 5) is 12.7. The smallest absolute Gasteiger partial charge is 0.257 e. The average Bonchev–Trinajstić information content (AvgIpc) is 2.65. The van der Waals surface area contributed by atoms with Crippen LogP contribution >= 0.6 is 15.9 Å². The molecule has 0 aliphatic carbocycles. The first-order valence-corrected chi connectivity index (χ1v) is 11.4. The molecule has 1 amide bonds. The van der Waals surface area contributed by atoms with Crippen LogP contribution in [-0.4, -0.2) is 37.8 Å². The van der Waals surface area contributed by atoms with E-state index in [9.17, 15) is 17.6 Å². The molecule has 2 aromatic rings. The molecular weight excluding hydrogens is 463 g/mol. The van der Waals surface area contributed by atoms with Crippen molar-refractivity contribution in [2.24, 2.45) is 0 Å². The van der Waals surface area contributed by atoms with Crippen molar-refractivity contribution in [3.05, 3.63) is 52.3 Å². The Balaban J connectivity index is 2.49. The standard InChI is InChI=1S/C20H24BrFN2O4S/c1-5-24(6-2)29(26,27)15-8-10-19(28-13(3)4)18(12-15)23-20(25)16-11-14(22)7-9-17(16)21/h7-13H,5-6H2,1-4H3,(H,23,25). The van der Waals surface area contributed by atoms with Crippen LogP contribution in [0.2, 0.25) is 0 Å². The van der Waals surface area contributed by atoms with E-state index in [4.69, 9.17) is 4.74 Å². The summed E-state index contributed by atoms with van der Waals surface area (Å²) < 4.78 is 46.7. The van der Waals surface area contributed by atoms with Crippen molar-refractivity contribution in [1.82, 2.24) is 4.31 Å². The van der Waals surface area contributed by atoms with E-state index in [-0.39, 0.29) is 22.3 Å². The number of nitrogens with one attached hydrogen (secondary N) is 1. The second kappa shape index (κ2) is 9.69. The first kappa shape index (κ1) is 23.3. The minimum absolute atomic E-state index is 0.0333. The fourth-order valence-electron chi connectivity index (χ4n) is 2.70. The lowest BCUT2D eigenvalue weighted by atomic mass is 10.2. The SMILES string of the molecule is CCN(CC)S(=O)(=O)c1ccc(OC(C)C)c(NC(=O)c2cc(F)ccc2Br)c1. The Morgan fingerprint density at radius 2 is 1.83 bits per heavy atom. The molecule has 0 aromatic heterocycles. The normalized spacial score (nSPS) is 11.7. The van der Waals surface area contributed by atoms with Crippen LogP contribution in [0.4, 0.5) is 10.1 Å². The van der Waals surface area contributed by atoms with Crippen LogP contribution < -0.4 is 10.1 Å². The highest BCUT2D eigenvalue weighted by atomic mass is 79.9. The van der Waals surface area contributed by atoms with Crippen LogP contribution in [0.5, 0.6) is 5.75 Å². The Hall–Kier alpha value is -1.97. The summed E-state index contributed by atoms with van der Waals surface area (Å²) in [6.45, 7) is 7.77. The zero-order chi connectivity index (χ0) is 21.8. The molecule has 0 atom stereocenters. The summed E-state index contributed by atoms with van der Waals surface area (Å²) in [7, 11) is -3.73. The third-order valence-electron chi connectivity index (χ3n) is 4.08. The number of carbonyl (C=O) groups excluding carboxylic acids is 1. The van der Waals surface area contributed by atoms with Gasteiger partial charge in [0.15, 0.2) is 0 Å². The summed E-state index contributed by atoms with van der Waals surface area (Å²) in [5.41, 5.74) is 0.269. The highest BCUT2D eigenvalue weighted by molar-refractivity contribution is 9.10. The van der Waals surface area contributed by atoms with Gasteiger partial charge in [0.25, 0.3) is 5.91 Å². The molecule has 0 radical (unpaired) electrons. The molecule has 0 heterocycles. The van der Waals surface area contributed by atoms with E-state index >= 15 is 0 Å². The van der Waals surface area contributed by atoms with Crippen molar-refractivity contribution in [1.29, 1.82) is 0 Å². The number of hydrogen-bond donors (Lipinski definition) is 1. The maximum atomic E-state index is 13.6. The molecule has 0 aliphatic rings. The largest absolute Gasteiger partial charge is 0.489 e. The second-order valence-electron chi connectivity index (χ2n) is 6.49. The van der Waals surface area contributed by atoms with Gasteiger partial charge in [0, 0.05) is 17.6 Å². The summed E-state index contributed by atoms with van der Waals surface area (Å²) >= 11 is 3.23. The quantitative estimate of drug-likeness (QED) is 0.588. The summed E-state index contributed by atoms with van der Waals surface area (Å²) in [6, 6.07) is 8.06. The van der Waals surface area contributed by atoms with Gasteiger partial charge >= 0.3 is 0 Å². The molecule has 0 spiro atoms. The molecule has 0 fully saturated rings. The van der Waals surface area contributed by atoms with Gasteiger partial charge in [-0.25, -0.2) is 12.8 Å². The van der Waals surface area contributed by atoms with E-state index in [0.717, 1.165) is 6.07 Å². The summed E-state index contributed by atoms with van der Waals surface area (Å²) in [6.07, 6.45) is -0.197. The van der Waals surface area contributed by atoms with E-state index in [1.165, 1.54) is 34.6 Å². The molecule has 0 aliphatic heterocycles. The number of anilines is 1. The van der Waals surface area contributed by atoms with E-state index in [1.54, 1.807) is 13.8 Å². The van der Waals surface area contributed by atoms with Crippen molar-refractivity contribution in [2.45, 2.75) is 38.7 Å². The highest BCUT2D eigenvalue weighted by Gasteiger charge is 2.24. The lowest BCUT2D eigenvalue weighted by molar-refractivity contribution is 0.102. The van der Waals surface area contributed by atoms with Crippen molar-refractivity contribution in [3.63, 3.8) is 0 Å². The highest BCUT2D eigenvalue weighted by Crippen LogP contribution is 2.31. The summed E-state index contributed by atoms with van der Waals surface area (Å²) in [5.74, 6) is -0.836. The number of amides is 1. The Morgan fingerprint density at radius 1 is 1.17 bits per heavy atom. The summed E-state index contributed by atoms with van der Waals surface area (Å²) in [5, 5.41) is 2.64. The predicted molar refractivity (Wildman–Crippen MR) is 114 cm³/mol. The van der Waals surface area contributed by atoms with Crippen LogP contribution in [0.15, 0.2) is 45.8 Å². The molecule has 29 heavy (non-hydrogen) atoms. The van der Waals surface area contributed by atoms with Crippen molar-refractivity contribution >= 4 is 37.5 Å². The molecule has 2 aromatic carbocycles. The van der Waals surface area contributed by atoms with Crippen LogP contribution in [0.3, 0.4) is 0 Å². The zero-order valence-electron chi connectivity index (χ0n) is 16.7. The number of benzene rings is 2. The first-order valence-electron chi connectivity index (χ1n) is 9.17. The number of carbonyl (C=O) groups is 1. The molecule has 158 valence electrons. The fraction of sp³-hybridized carbons (Fsp3) is 0.350. The van der Waals surface area contributed by atoms with Crippen LogP contribution in [0, 0.1) is 5.82 Å². The number of nitrogens with zero attached hydrogens (tertiary/aromatic N) is 1. The Kier molecular flexibility index (Phi) is 7.79. The van der Waals surface area contributed by atoms with Crippen LogP contribution in [-0.2, 0) is 10.0 Å². The Morgan fingerprint density at radius 3 is 2.41 bits per heavy atom. The molecule has 1 N–H and O–H groups in total. The molecule has 0 saturated heterocycles. The van der Waals surface area contributed by atoms with Gasteiger partial charge in [-0.2, -0.15) is 4.31 Å². The molecule has 0 saturated carbocycles. The molecular formula is C20H24BrFN2O4S. The van der Waals surface area contributed by atoms with E-state index in [1.807, 2.05) is 13.8 Å². The number of rotatable bonds is 8. The first-order chi connectivity index (χ1) is 13.6.